The predicted octanol–water partition coefficient (Wildman–Crippen LogP) is 2.74. The third kappa shape index (κ3) is 5.55. The summed E-state index contributed by atoms with van der Waals surface area (Å²) in [6, 6.07) is 1.74. The van der Waals surface area contributed by atoms with Gasteiger partial charge in [0, 0.05) is 16.7 Å². The average molecular weight is 610 g/mol. The molecule has 3 heterocycles. The zero-order chi connectivity index (χ0) is 31.5. The number of benzene rings is 2. The molecule has 1 amide bonds. The van der Waals surface area contributed by atoms with Crippen molar-refractivity contribution in [2.24, 2.45) is 0 Å². The number of phenols is 2. The molecular weight excluding hydrogens is 574 g/mol. The van der Waals surface area contributed by atoms with Crippen LogP contribution in [0.15, 0.2) is 37.4 Å². The zero-order valence-corrected chi connectivity index (χ0v) is 24.4. The van der Waals surface area contributed by atoms with Crippen LogP contribution in [0.3, 0.4) is 0 Å². The van der Waals surface area contributed by atoms with Crippen molar-refractivity contribution in [3.05, 3.63) is 59.7 Å². The number of morpholine rings is 1. The highest BCUT2D eigenvalue weighted by molar-refractivity contribution is 5.68. The molecule has 5 atom stereocenters. The van der Waals surface area contributed by atoms with Gasteiger partial charge in [0.05, 0.1) is 37.9 Å². The summed E-state index contributed by atoms with van der Waals surface area (Å²) in [4.78, 5) is 14.6. The van der Waals surface area contributed by atoms with Crippen LogP contribution < -0.4 is 24.3 Å². The number of nitrogens with zero attached hydrogens (tertiary/aromatic N) is 2. The second-order valence-electron chi connectivity index (χ2n) is 10.6. The van der Waals surface area contributed by atoms with Crippen LogP contribution in [-0.4, -0.2) is 84.5 Å². The molecule has 44 heavy (non-hydrogen) atoms. The molecule has 0 saturated carbocycles. The number of fused-ring (bicyclic) bond motifs is 6. The summed E-state index contributed by atoms with van der Waals surface area (Å²) in [6.45, 7) is 9.35. The third-order valence-electron chi connectivity index (χ3n) is 7.97. The number of rotatable bonds is 11. The van der Waals surface area contributed by atoms with Crippen LogP contribution in [0.1, 0.15) is 28.3 Å². The maximum Gasteiger partial charge on any atom is 0.407 e. The van der Waals surface area contributed by atoms with Crippen LogP contribution in [0.4, 0.5) is 4.79 Å². The number of carbonyl (C=O) groups is 1. The Morgan fingerprint density at radius 1 is 1.20 bits per heavy atom. The Morgan fingerprint density at radius 3 is 2.57 bits per heavy atom. The minimum atomic E-state index is -1.27. The minimum Gasteiger partial charge on any atom is -0.504 e. The summed E-state index contributed by atoms with van der Waals surface area (Å²) in [6.07, 6.45) is 1.19. The van der Waals surface area contributed by atoms with Gasteiger partial charge in [-0.05, 0) is 37.5 Å². The van der Waals surface area contributed by atoms with Gasteiger partial charge in [-0.15, -0.1) is 0 Å². The number of hydrogen-bond acceptors (Lipinski definition) is 12. The van der Waals surface area contributed by atoms with Crippen LogP contribution in [0.25, 0.3) is 0 Å². The van der Waals surface area contributed by atoms with Gasteiger partial charge in [-0.1, -0.05) is 25.3 Å². The van der Waals surface area contributed by atoms with Crippen LogP contribution in [0.5, 0.6) is 34.5 Å². The van der Waals surface area contributed by atoms with Gasteiger partial charge in [0.25, 0.3) is 0 Å². The monoisotopic (exact) mass is 609 g/mol. The zero-order valence-electron chi connectivity index (χ0n) is 24.4. The molecule has 2 aromatic carbocycles. The molecule has 0 aromatic heterocycles. The first-order valence-corrected chi connectivity index (χ1v) is 14.0. The van der Waals surface area contributed by atoms with E-state index in [4.69, 9.17) is 28.4 Å². The minimum absolute atomic E-state index is 0.000346. The molecule has 3 aliphatic rings. The molecule has 13 heteroatoms. The molecule has 1 saturated heterocycles. The summed E-state index contributed by atoms with van der Waals surface area (Å²) in [5.41, 5.74) is 2.67. The second-order valence-corrected chi connectivity index (χ2v) is 10.6. The second kappa shape index (κ2) is 12.9. The Hall–Kier alpha value is -4.64. The molecule has 0 aliphatic carbocycles. The van der Waals surface area contributed by atoms with Crippen molar-refractivity contribution in [1.82, 2.24) is 10.2 Å². The van der Waals surface area contributed by atoms with Crippen LogP contribution >= 0.6 is 0 Å². The number of aromatic hydroxyl groups is 2. The molecular formula is C31H35N3O10. The largest absolute Gasteiger partial charge is 0.504 e. The number of nitriles is 1. The number of ether oxygens (including phenoxy) is 6. The quantitative estimate of drug-likeness (QED) is 0.275. The maximum atomic E-state index is 12.8. The van der Waals surface area contributed by atoms with E-state index in [-0.39, 0.29) is 56.7 Å². The van der Waals surface area contributed by atoms with E-state index in [9.17, 15) is 25.4 Å². The SMILES string of the molecule is C=CCOC(=O)N[C@@H](Cc1cc(O)c(OC)c(O)c1)[C@H](C#N)N1[C@H]2COC(O)[C@@H]1Cc1c(OCC=C)c(C)c3c(c12)OCO3. The highest BCUT2D eigenvalue weighted by atomic mass is 16.7. The normalized spacial score (nSPS) is 21.3. The van der Waals surface area contributed by atoms with Crippen molar-refractivity contribution in [3.63, 3.8) is 0 Å². The van der Waals surface area contributed by atoms with E-state index in [0.717, 1.165) is 11.1 Å². The Balaban J connectivity index is 1.59. The van der Waals surface area contributed by atoms with Gasteiger partial charge in [-0.25, -0.2) is 4.79 Å². The lowest BCUT2D eigenvalue weighted by atomic mass is 9.81. The van der Waals surface area contributed by atoms with Gasteiger partial charge in [-0.3, -0.25) is 4.90 Å². The summed E-state index contributed by atoms with van der Waals surface area (Å²) in [7, 11) is 1.31. The smallest absolute Gasteiger partial charge is 0.407 e. The lowest BCUT2D eigenvalue weighted by Crippen LogP contribution is -2.64. The molecule has 1 unspecified atom stereocenters. The van der Waals surface area contributed by atoms with Gasteiger partial charge in [-0.2, -0.15) is 5.26 Å². The number of carbonyl (C=O) groups excluding carboxylic acids is 1. The summed E-state index contributed by atoms with van der Waals surface area (Å²) < 4.78 is 33.8. The van der Waals surface area contributed by atoms with Crippen molar-refractivity contribution < 1.29 is 48.5 Å². The van der Waals surface area contributed by atoms with Crippen molar-refractivity contribution in [3.8, 4) is 40.6 Å². The van der Waals surface area contributed by atoms with Gasteiger partial charge < -0.3 is 49.1 Å². The van der Waals surface area contributed by atoms with E-state index >= 15 is 0 Å². The van der Waals surface area contributed by atoms with Crippen LogP contribution in [0.2, 0.25) is 0 Å². The molecule has 234 valence electrons. The van der Waals surface area contributed by atoms with E-state index in [1.165, 1.54) is 25.3 Å². The summed E-state index contributed by atoms with van der Waals surface area (Å²) in [5, 5.41) is 45.4. The van der Waals surface area contributed by atoms with Gasteiger partial charge in [0.1, 0.15) is 25.0 Å². The molecule has 1 fully saturated rings. The first kappa shape index (κ1) is 30.8. The molecule has 2 bridgehead atoms. The predicted molar refractivity (Wildman–Crippen MR) is 155 cm³/mol. The number of hydrogen-bond donors (Lipinski definition) is 4. The maximum absolute atomic E-state index is 12.8. The number of aliphatic hydroxyl groups excluding tert-OH is 1. The Kier molecular flexibility index (Phi) is 9.05. The van der Waals surface area contributed by atoms with Crippen molar-refractivity contribution in [2.45, 2.75) is 50.2 Å². The summed E-state index contributed by atoms with van der Waals surface area (Å²) >= 11 is 0. The standard InChI is InChI=1S/C31H35N3O10/c1-5-7-40-26-16(3)27-29(44-15-43-27)25-18(26)12-20-30(37)42-14-22(25)34(20)21(13-32)19(33-31(38)41-8-6-2)9-17-10-23(35)28(39-4)24(36)11-17/h5-6,10-11,19-22,30,35-37H,1-2,7-9,12,14-15H2,3-4H3,(H,33,38)/t19-,20-,21-,22-,30?/m0/s1. The lowest BCUT2D eigenvalue weighted by molar-refractivity contribution is -0.211. The van der Waals surface area contributed by atoms with Gasteiger partial charge >= 0.3 is 6.09 Å². The first-order chi connectivity index (χ1) is 21.2. The van der Waals surface area contributed by atoms with E-state index in [0.29, 0.717) is 28.4 Å². The molecule has 0 spiro atoms. The number of methoxy groups -OCH3 is 1. The fourth-order valence-corrected chi connectivity index (χ4v) is 6.22. The number of amides is 1. The molecule has 3 aliphatic heterocycles. The fourth-order valence-electron chi connectivity index (χ4n) is 6.22. The van der Waals surface area contributed by atoms with Crippen LogP contribution in [-0.2, 0) is 22.3 Å². The highest BCUT2D eigenvalue weighted by Gasteiger charge is 2.51. The van der Waals surface area contributed by atoms with Crippen molar-refractivity contribution in [2.75, 3.05) is 33.7 Å². The highest BCUT2D eigenvalue weighted by Crippen LogP contribution is 2.54. The Morgan fingerprint density at radius 2 is 1.91 bits per heavy atom. The molecule has 0 radical (unpaired) electrons. The van der Waals surface area contributed by atoms with E-state index in [1.807, 2.05) is 11.8 Å². The Labute approximate surface area is 254 Å². The lowest BCUT2D eigenvalue weighted by Gasteiger charge is -2.51. The van der Waals surface area contributed by atoms with Crippen molar-refractivity contribution in [1.29, 1.82) is 5.26 Å². The van der Waals surface area contributed by atoms with Gasteiger partial charge in [0.15, 0.2) is 29.3 Å². The van der Waals surface area contributed by atoms with E-state index in [1.54, 1.807) is 6.08 Å². The number of alkyl carbamates (subject to hydrolysis) is 1. The topological polar surface area (TPSA) is 172 Å². The van der Waals surface area contributed by atoms with E-state index < -0.39 is 36.6 Å². The molecule has 5 rings (SSSR count). The molecule has 4 N–H and O–H groups in total. The summed E-state index contributed by atoms with van der Waals surface area (Å²) in [5.74, 6) is 0.886. The third-order valence-corrected chi connectivity index (χ3v) is 7.97. The number of phenolic OH excluding ortho intramolecular Hbond substituents is 2. The van der Waals surface area contributed by atoms with Crippen molar-refractivity contribution >= 4 is 6.09 Å². The average Bonchev–Trinajstić information content (AvgIpc) is 3.48. The molecule has 2 aromatic rings. The number of aliphatic hydroxyl groups is 1. The number of nitrogens with one attached hydrogen (secondary N) is 1. The van der Waals surface area contributed by atoms with Gasteiger partial charge in [0.2, 0.25) is 12.5 Å². The van der Waals surface area contributed by atoms with E-state index in [2.05, 4.69) is 24.5 Å². The molecule has 13 nitrogen and oxygen atoms in total. The fraction of sp³-hybridized carbons (Fsp3) is 0.419. The first-order valence-electron chi connectivity index (χ1n) is 14.0. The van der Waals surface area contributed by atoms with Crippen LogP contribution in [0, 0.1) is 18.3 Å². The Bertz CT molecular complexity index is 1470.